The average molecular weight is 119 g/mol. The maximum absolute atomic E-state index is 5.34. The third-order valence-electron chi connectivity index (χ3n) is 0.968. The molecule has 44 valence electrons. The Kier molecular flexibility index (Phi) is 1.38. The molecule has 0 amide bonds. The normalized spacial score (nSPS) is 9.44. The van der Waals surface area contributed by atoms with E-state index in [-0.39, 0.29) is 0 Å². The number of nitrogen functional groups attached to an aromatic ring is 1. The second-order valence-electron chi connectivity index (χ2n) is 1.76. The lowest BCUT2D eigenvalue weighted by Crippen LogP contribution is -2.15. The largest absolute Gasteiger partial charge is 0.397 e. The van der Waals surface area contributed by atoms with Crippen LogP contribution in [0.3, 0.4) is 0 Å². The standard InChI is InChI=1S/C5H6BN3/c1-3-8-2-4(7)5(6)9-3/h2H,7H2,1H3. The maximum Gasteiger partial charge on any atom is 0.144 e. The Morgan fingerprint density at radius 3 is 2.78 bits per heavy atom. The summed E-state index contributed by atoms with van der Waals surface area (Å²) in [5.74, 6) is 0.640. The van der Waals surface area contributed by atoms with E-state index in [2.05, 4.69) is 9.97 Å². The van der Waals surface area contributed by atoms with Gasteiger partial charge < -0.3 is 5.73 Å². The molecule has 0 atom stereocenters. The molecule has 0 bridgehead atoms. The molecule has 9 heavy (non-hydrogen) atoms. The van der Waals surface area contributed by atoms with Gasteiger partial charge in [0.1, 0.15) is 13.7 Å². The Morgan fingerprint density at radius 1 is 1.67 bits per heavy atom. The third kappa shape index (κ3) is 1.19. The van der Waals surface area contributed by atoms with Gasteiger partial charge in [0.05, 0.1) is 11.9 Å². The zero-order chi connectivity index (χ0) is 6.85. The molecule has 0 aliphatic rings. The van der Waals surface area contributed by atoms with E-state index in [4.69, 9.17) is 13.6 Å². The Morgan fingerprint density at radius 2 is 2.33 bits per heavy atom. The summed E-state index contributed by atoms with van der Waals surface area (Å²) in [6.07, 6.45) is 1.50. The van der Waals surface area contributed by atoms with Crippen molar-refractivity contribution in [2.45, 2.75) is 6.92 Å². The van der Waals surface area contributed by atoms with Crippen LogP contribution in [0.15, 0.2) is 6.20 Å². The quantitative estimate of drug-likeness (QED) is 0.453. The zero-order valence-electron chi connectivity index (χ0n) is 5.13. The number of aromatic nitrogens is 2. The number of nitrogens with zero attached hydrogens (tertiary/aromatic N) is 2. The van der Waals surface area contributed by atoms with Crippen LogP contribution in [-0.2, 0) is 0 Å². The Hall–Kier alpha value is -1.06. The third-order valence-corrected chi connectivity index (χ3v) is 0.968. The van der Waals surface area contributed by atoms with Crippen LogP contribution in [0.2, 0.25) is 0 Å². The number of hydrogen-bond donors (Lipinski definition) is 1. The highest BCUT2D eigenvalue weighted by Crippen LogP contribution is 1.89. The summed E-state index contributed by atoms with van der Waals surface area (Å²) >= 11 is 0. The molecule has 4 heteroatoms. The summed E-state index contributed by atoms with van der Waals surface area (Å²) in [5, 5.41) is 0. The molecule has 0 spiro atoms. The van der Waals surface area contributed by atoms with Crippen LogP contribution in [-0.4, -0.2) is 17.8 Å². The molecule has 0 aromatic carbocycles. The van der Waals surface area contributed by atoms with Crippen LogP contribution in [0.5, 0.6) is 0 Å². The van der Waals surface area contributed by atoms with Gasteiger partial charge in [-0.3, -0.25) is 0 Å². The Bertz CT molecular complexity index is 223. The van der Waals surface area contributed by atoms with Gasteiger partial charge in [0, 0.05) is 5.59 Å². The number of rotatable bonds is 0. The maximum atomic E-state index is 5.34. The molecular weight excluding hydrogens is 113 g/mol. The fraction of sp³-hybridized carbons (Fsp3) is 0.200. The van der Waals surface area contributed by atoms with Crippen LogP contribution < -0.4 is 11.3 Å². The first-order valence-electron chi connectivity index (χ1n) is 2.55. The molecule has 0 fully saturated rings. The molecule has 2 radical (unpaired) electrons. The zero-order valence-corrected chi connectivity index (χ0v) is 5.13. The predicted molar refractivity (Wildman–Crippen MR) is 36.6 cm³/mol. The summed E-state index contributed by atoms with van der Waals surface area (Å²) in [6.45, 7) is 1.76. The highest BCUT2D eigenvalue weighted by molar-refractivity contribution is 6.33. The van der Waals surface area contributed by atoms with Gasteiger partial charge in [0.2, 0.25) is 0 Å². The van der Waals surface area contributed by atoms with E-state index in [0.29, 0.717) is 17.1 Å². The first-order valence-corrected chi connectivity index (χ1v) is 2.55. The smallest absolute Gasteiger partial charge is 0.144 e. The van der Waals surface area contributed by atoms with E-state index in [9.17, 15) is 0 Å². The van der Waals surface area contributed by atoms with E-state index in [1.807, 2.05) is 0 Å². The lowest BCUT2D eigenvalue weighted by Gasteiger charge is -1.97. The Labute approximate surface area is 54.7 Å². The first-order chi connectivity index (χ1) is 4.20. The molecule has 1 aromatic heterocycles. The van der Waals surface area contributed by atoms with Crippen LogP contribution in [0.25, 0.3) is 0 Å². The molecule has 1 rings (SSSR count). The predicted octanol–water partition coefficient (Wildman–Crippen LogP) is -0.839. The van der Waals surface area contributed by atoms with E-state index in [0.717, 1.165) is 0 Å². The van der Waals surface area contributed by atoms with Crippen LogP contribution in [0, 0.1) is 6.92 Å². The average Bonchev–Trinajstić information content (AvgIpc) is 1.80. The molecule has 1 heterocycles. The number of nitrogens with two attached hydrogens (primary N) is 1. The monoisotopic (exact) mass is 119 g/mol. The van der Waals surface area contributed by atoms with Crippen molar-refractivity contribution in [1.82, 2.24) is 9.97 Å². The topological polar surface area (TPSA) is 51.8 Å². The molecule has 0 aliphatic carbocycles. The lowest BCUT2D eigenvalue weighted by atomic mass is 10.0. The van der Waals surface area contributed by atoms with Gasteiger partial charge in [-0.25, -0.2) is 9.97 Å². The Balaban J connectivity index is 3.17. The fourth-order valence-electron chi connectivity index (χ4n) is 0.497. The van der Waals surface area contributed by atoms with E-state index in [1.54, 1.807) is 6.92 Å². The summed E-state index contributed by atoms with van der Waals surface area (Å²) in [7, 11) is 5.34. The summed E-state index contributed by atoms with van der Waals surface area (Å²) in [6, 6.07) is 0. The highest BCUT2D eigenvalue weighted by atomic mass is 14.9. The van der Waals surface area contributed by atoms with Gasteiger partial charge >= 0.3 is 0 Å². The fourth-order valence-corrected chi connectivity index (χ4v) is 0.497. The number of hydrogen-bond acceptors (Lipinski definition) is 3. The van der Waals surface area contributed by atoms with Gasteiger partial charge in [-0.05, 0) is 6.92 Å². The first kappa shape index (κ1) is 6.07. The van der Waals surface area contributed by atoms with Gasteiger partial charge in [0.15, 0.2) is 0 Å². The van der Waals surface area contributed by atoms with Crippen molar-refractivity contribution >= 4 is 19.1 Å². The van der Waals surface area contributed by atoms with Crippen LogP contribution >= 0.6 is 0 Å². The van der Waals surface area contributed by atoms with Crippen molar-refractivity contribution in [3.63, 3.8) is 0 Å². The van der Waals surface area contributed by atoms with Crippen LogP contribution in [0.1, 0.15) is 5.82 Å². The second kappa shape index (κ2) is 2.05. The van der Waals surface area contributed by atoms with E-state index < -0.39 is 0 Å². The van der Waals surface area contributed by atoms with Gasteiger partial charge in [-0.1, -0.05) is 0 Å². The molecule has 0 unspecified atom stereocenters. The van der Waals surface area contributed by atoms with Crippen molar-refractivity contribution in [1.29, 1.82) is 0 Å². The summed E-state index contributed by atoms with van der Waals surface area (Å²) in [5.41, 5.74) is 6.12. The highest BCUT2D eigenvalue weighted by Gasteiger charge is 1.92. The van der Waals surface area contributed by atoms with Crippen molar-refractivity contribution < 1.29 is 0 Å². The van der Waals surface area contributed by atoms with Crippen molar-refractivity contribution in [3.8, 4) is 0 Å². The molecule has 0 saturated heterocycles. The molecule has 1 aromatic rings. The minimum Gasteiger partial charge on any atom is -0.397 e. The van der Waals surface area contributed by atoms with Crippen LogP contribution in [0.4, 0.5) is 5.69 Å². The minimum absolute atomic E-state index is 0.350. The molecule has 0 saturated carbocycles. The minimum atomic E-state index is 0.350. The lowest BCUT2D eigenvalue weighted by molar-refractivity contribution is 1.08. The van der Waals surface area contributed by atoms with E-state index >= 15 is 0 Å². The van der Waals surface area contributed by atoms with Crippen molar-refractivity contribution in [2.75, 3.05) is 5.73 Å². The summed E-state index contributed by atoms with van der Waals surface area (Å²) in [4.78, 5) is 7.64. The molecular formula is C5H6BN3. The molecule has 3 nitrogen and oxygen atoms in total. The van der Waals surface area contributed by atoms with Crippen molar-refractivity contribution in [2.24, 2.45) is 0 Å². The van der Waals surface area contributed by atoms with E-state index in [1.165, 1.54) is 6.20 Å². The van der Waals surface area contributed by atoms with Gasteiger partial charge in [-0.15, -0.1) is 0 Å². The van der Waals surface area contributed by atoms with Crippen molar-refractivity contribution in [3.05, 3.63) is 12.0 Å². The second-order valence-corrected chi connectivity index (χ2v) is 1.76. The van der Waals surface area contributed by atoms with Gasteiger partial charge in [-0.2, -0.15) is 0 Å². The molecule has 0 aliphatic heterocycles. The SMILES string of the molecule is [B]c1nc(C)ncc1N. The summed E-state index contributed by atoms with van der Waals surface area (Å²) < 4.78 is 0. The number of anilines is 1. The number of aryl methyl sites for hydroxylation is 1. The van der Waals surface area contributed by atoms with Gasteiger partial charge in [0.25, 0.3) is 0 Å². The molecule has 2 N–H and O–H groups in total.